The number of hydrogen-bond donors (Lipinski definition) is 1. The van der Waals surface area contributed by atoms with Crippen LogP contribution >= 0.6 is 0 Å². The lowest BCUT2D eigenvalue weighted by molar-refractivity contribution is 0.194. The van der Waals surface area contributed by atoms with Gasteiger partial charge in [-0.05, 0) is 41.5 Å². The Morgan fingerprint density at radius 3 is 2.43 bits per heavy atom. The third-order valence-corrected chi connectivity index (χ3v) is 5.46. The number of anilines is 1. The first-order valence-electron chi connectivity index (χ1n) is 9.85. The van der Waals surface area contributed by atoms with Crippen molar-refractivity contribution in [3.05, 3.63) is 120 Å². The van der Waals surface area contributed by atoms with Gasteiger partial charge in [-0.1, -0.05) is 60.7 Å². The van der Waals surface area contributed by atoms with Crippen LogP contribution in [0.2, 0.25) is 0 Å². The number of nitrogens with zero attached hydrogens (tertiary/aromatic N) is 2. The lowest BCUT2D eigenvalue weighted by Gasteiger charge is -2.31. The van der Waals surface area contributed by atoms with Crippen molar-refractivity contribution in [1.82, 2.24) is 9.47 Å². The second-order valence-corrected chi connectivity index (χ2v) is 7.28. The maximum absolute atomic E-state index is 14.2. The average Bonchev–Trinajstić information content (AvgIpc) is 3.20. The zero-order valence-corrected chi connectivity index (χ0v) is 16.2. The monoisotopic (exact) mass is 397 g/mol. The Bertz CT molecular complexity index is 1200. The van der Waals surface area contributed by atoms with E-state index in [1.54, 1.807) is 23.1 Å². The molecule has 0 unspecified atom stereocenters. The minimum atomic E-state index is -0.458. The first-order chi connectivity index (χ1) is 14.7. The van der Waals surface area contributed by atoms with E-state index in [1.807, 2.05) is 66.9 Å². The summed E-state index contributed by atoms with van der Waals surface area (Å²) in [6, 6.07) is 27.5. The van der Waals surface area contributed by atoms with E-state index in [2.05, 4.69) is 16.0 Å². The summed E-state index contributed by atoms with van der Waals surface area (Å²) >= 11 is 0. The molecule has 1 atom stereocenters. The lowest BCUT2D eigenvalue weighted by atomic mass is 10.0. The topological polar surface area (TPSA) is 37.3 Å². The van der Waals surface area contributed by atoms with Gasteiger partial charge in [0.25, 0.3) is 0 Å². The minimum Gasteiger partial charge on any atom is -0.318 e. The molecule has 5 heteroatoms. The van der Waals surface area contributed by atoms with E-state index < -0.39 is 5.82 Å². The Morgan fingerprint density at radius 1 is 0.867 bits per heavy atom. The summed E-state index contributed by atoms with van der Waals surface area (Å²) in [5.74, 6) is -0.458. The van der Waals surface area contributed by atoms with Gasteiger partial charge < -0.3 is 14.8 Å². The fraction of sp³-hybridized carbons (Fsp3) is 0.0800. The van der Waals surface area contributed by atoms with Crippen molar-refractivity contribution in [2.75, 3.05) is 5.32 Å². The van der Waals surface area contributed by atoms with Crippen molar-refractivity contribution in [1.29, 1.82) is 0 Å². The molecular weight excluding hydrogens is 377 g/mol. The van der Waals surface area contributed by atoms with Crippen molar-refractivity contribution in [2.45, 2.75) is 12.6 Å². The van der Waals surface area contributed by atoms with Crippen LogP contribution in [0.15, 0.2) is 97.2 Å². The zero-order valence-electron chi connectivity index (χ0n) is 16.2. The van der Waals surface area contributed by atoms with E-state index in [4.69, 9.17) is 0 Å². The van der Waals surface area contributed by atoms with Crippen LogP contribution in [0.3, 0.4) is 0 Å². The molecule has 0 fully saturated rings. The van der Waals surface area contributed by atoms with Gasteiger partial charge in [0.05, 0.1) is 24.0 Å². The number of hydrogen-bond acceptors (Lipinski definition) is 1. The van der Waals surface area contributed by atoms with Gasteiger partial charge in [-0.3, -0.25) is 0 Å². The average molecular weight is 397 g/mol. The molecule has 0 saturated heterocycles. The fourth-order valence-corrected chi connectivity index (χ4v) is 4.08. The molecule has 2 heterocycles. The number of carbonyl (C=O) groups is 1. The van der Waals surface area contributed by atoms with Crippen LogP contribution in [0, 0.1) is 5.82 Å². The van der Waals surface area contributed by atoms with Crippen molar-refractivity contribution < 1.29 is 9.18 Å². The summed E-state index contributed by atoms with van der Waals surface area (Å²) in [4.78, 5) is 15.2. The van der Waals surface area contributed by atoms with E-state index in [-0.39, 0.29) is 17.8 Å². The molecule has 1 aliphatic heterocycles. The highest BCUT2D eigenvalue weighted by molar-refractivity contribution is 5.90. The SMILES string of the molecule is O=C(Nc1ccccc1F)N1Cc2ccccc2-n2cccc2[C@H]1c1ccccc1. The molecule has 2 amide bonds. The first kappa shape index (κ1) is 18.2. The number of nitrogens with one attached hydrogen (secondary N) is 1. The Balaban J connectivity index is 1.64. The van der Waals surface area contributed by atoms with Crippen LogP contribution in [0.25, 0.3) is 5.69 Å². The molecule has 0 aliphatic carbocycles. The number of halogens is 1. The molecule has 4 nitrogen and oxygen atoms in total. The van der Waals surface area contributed by atoms with E-state index >= 15 is 0 Å². The van der Waals surface area contributed by atoms with Gasteiger partial charge in [0.2, 0.25) is 0 Å². The smallest absolute Gasteiger partial charge is 0.318 e. The van der Waals surface area contributed by atoms with Gasteiger partial charge >= 0.3 is 6.03 Å². The summed E-state index contributed by atoms with van der Waals surface area (Å²) < 4.78 is 16.3. The van der Waals surface area contributed by atoms with Gasteiger partial charge in [-0.2, -0.15) is 0 Å². The second-order valence-electron chi connectivity index (χ2n) is 7.28. The number of aromatic nitrogens is 1. The van der Waals surface area contributed by atoms with Crippen LogP contribution < -0.4 is 5.32 Å². The quantitative estimate of drug-likeness (QED) is 0.459. The van der Waals surface area contributed by atoms with Crippen LogP contribution in [0.5, 0.6) is 0 Å². The molecule has 30 heavy (non-hydrogen) atoms. The molecule has 1 aromatic heterocycles. The predicted octanol–water partition coefficient (Wildman–Crippen LogP) is 5.75. The Kier molecular flexibility index (Phi) is 4.56. The molecule has 1 N–H and O–H groups in total. The molecular formula is C25H20FN3O. The van der Waals surface area contributed by atoms with Crippen LogP contribution in [0.1, 0.15) is 22.9 Å². The highest BCUT2D eigenvalue weighted by atomic mass is 19.1. The largest absolute Gasteiger partial charge is 0.323 e. The number of benzene rings is 3. The number of rotatable bonds is 2. The highest BCUT2D eigenvalue weighted by Crippen LogP contribution is 2.36. The summed E-state index contributed by atoms with van der Waals surface area (Å²) in [6.45, 7) is 0.400. The fourth-order valence-electron chi connectivity index (χ4n) is 4.08. The standard InChI is InChI=1S/C25H20FN3O/c26-20-12-5-6-13-21(20)27-25(30)29-17-19-11-4-7-14-22(19)28-16-8-15-23(28)24(29)18-9-2-1-3-10-18/h1-16,24H,17H2,(H,27,30)/t24-/m1/s1. The Morgan fingerprint density at radius 2 is 1.60 bits per heavy atom. The molecule has 0 spiro atoms. The Hall–Kier alpha value is -3.86. The first-order valence-corrected chi connectivity index (χ1v) is 9.85. The summed E-state index contributed by atoms with van der Waals surface area (Å²) in [5.41, 5.74) is 4.21. The van der Waals surface area contributed by atoms with Crippen LogP contribution in [0.4, 0.5) is 14.9 Å². The zero-order chi connectivity index (χ0) is 20.5. The minimum absolute atomic E-state index is 0.169. The molecule has 5 rings (SSSR count). The molecule has 0 saturated carbocycles. The molecule has 1 aliphatic rings. The molecule has 4 aromatic rings. The van der Waals surface area contributed by atoms with Crippen molar-refractivity contribution in [3.63, 3.8) is 0 Å². The van der Waals surface area contributed by atoms with Gasteiger partial charge in [-0.15, -0.1) is 0 Å². The summed E-state index contributed by atoms with van der Waals surface area (Å²) in [6.07, 6.45) is 2.02. The summed E-state index contributed by atoms with van der Waals surface area (Å²) in [7, 11) is 0. The highest BCUT2D eigenvalue weighted by Gasteiger charge is 2.33. The van der Waals surface area contributed by atoms with E-state index in [0.29, 0.717) is 6.54 Å². The summed E-state index contributed by atoms with van der Waals surface area (Å²) in [5, 5.41) is 2.76. The lowest BCUT2D eigenvalue weighted by Crippen LogP contribution is -2.38. The van der Waals surface area contributed by atoms with Crippen molar-refractivity contribution in [2.24, 2.45) is 0 Å². The third-order valence-electron chi connectivity index (χ3n) is 5.46. The van der Waals surface area contributed by atoms with Crippen molar-refractivity contribution >= 4 is 11.7 Å². The third kappa shape index (κ3) is 3.14. The van der Waals surface area contributed by atoms with Gasteiger partial charge in [0, 0.05) is 11.9 Å². The molecule has 148 valence electrons. The molecule has 3 aromatic carbocycles. The maximum Gasteiger partial charge on any atom is 0.323 e. The van der Waals surface area contributed by atoms with Crippen LogP contribution in [-0.4, -0.2) is 15.5 Å². The number of carbonyl (C=O) groups excluding carboxylic acids is 1. The van der Waals surface area contributed by atoms with Gasteiger partial charge in [0.15, 0.2) is 0 Å². The number of amides is 2. The van der Waals surface area contributed by atoms with Gasteiger partial charge in [-0.25, -0.2) is 9.18 Å². The molecule has 0 radical (unpaired) electrons. The number of urea groups is 1. The maximum atomic E-state index is 14.2. The Labute approximate surface area is 174 Å². The molecule has 0 bridgehead atoms. The second kappa shape index (κ2) is 7.52. The number of fused-ring (bicyclic) bond motifs is 3. The van der Waals surface area contributed by atoms with Crippen molar-refractivity contribution in [3.8, 4) is 5.69 Å². The van der Waals surface area contributed by atoms with Gasteiger partial charge in [0.1, 0.15) is 5.82 Å². The van der Waals surface area contributed by atoms with Crippen LogP contribution in [-0.2, 0) is 6.54 Å². The van der Waals surface area contributed by atoms with E-state index in [0.717, 1.165) is 22.5 Å². The number of para-hydroxylation sites is 2. The predicted molar refractivity (Wildman–Crippen MR) is 115 cm³/mol. The normalized spacial score (nSPS) is 15.1. The van der Waals surface area contributed by atoms with E-state index in [9.17, 15) is 9.18 Å². The van der Waals surface area contributed by atoms with E-state index in [1.165, 1.54) is 6.07 Å².